The van der Waals surface area contributed by atoms with Crippen molar-refractivity contribution in [3.8, 4) is 23.0 Å². The smallest absolute Gasteiger partial charge is 0.412 e. The summed E-state index contributed by atoms with van der Waals surface area (Å²) in [5.74, 6) is 2.99. The van der Waals surface area contributed by atoms with Crippen LogP contribution in [0.1, 0.15) is 40.2 Å². The summed E-state index contributed by atoms with van der Waals surface area (Å²) < 4.78 is 23.4. The second kappa shape index (κ2) is 10.0. The van der Waals surface area contributed by atoms with Crippen molar-refractivity contribution in [1.82, 2.24) is 4.90 Å². The van der Waals surface area contributed by atoms with E-state index in [0.29, 0.717) is 13.0 Å². The Morgan fingerprint density at radius 1 is 0.857 bits per heavy atom. The highest BCUT2D eigenvalue weighted by atomic mass is 16.6. The number of nitrogens with zero attached hydrogens (tertiary/aromatic N) is 1. The quantitative estimate of drug-likeness (QED) is 0.378. The molecule has 0 N–H and O–H groups in total. The molecule has 1 aliphatic rings. The van der Waals surface area contributed by atoms with E-state index in [1.54, 1.807) is 4.90 Å². The fraction of sp³-hybridized carbons (Fsp3) is 0.345. The van der Waals surface area contributed by atoms with E-state index >= 15 is 0 Å². The molecular formula is C29H33NO5. The number of hydrogen-bond donors (Lipinski definition) is 0. The van der Waals surface area contributed by atoms with Gasteiger partial charge in [-0.25, -0.2) is 4.79 Å². The average molecular weight is 476 g/mol. The van der Waals surface area contributed by atoms with Gasteiger partial charge in [0, 0.05) is 0 Å². The maximum absolute atomic E-state index is 12.9. The molecule has 0 unspecified atom stereocenters. The molecule has 0 aromatic heterocycles. The lowest BCUT2D eigenvalue weighted by molar-refractivity contribution is -0.0624. The molecule has 1 heterocycles. The summed E-state index contributed by atoms with van der Waals surface area (Å²) in [6.07, 6.45) is 0.304. The van der Waals surface area contributed by atoms with Crippen LogP contribution in [-0.4, -0.2) is 35.0 Å². The molecule has 1 amide bonds. The summed E-state index contributed by atoms with van der Waals surface area (Å²) >= 11 is 0. The Morgan fingerprint density at radius 2 is 1.34 bits per heavy atom. The molecule has 0 radical (unpaired) electrons. The third-order valence-corrected chi connectivity index (χ3v) is 5.60. The molecule has 35 heavy (non-hydrogen) atoms. The normalized spacial score (nSPS) is 17.2. The molecule has 6 heteroatoms. The van der Waals surface area contributed by atoms with E-state index in [0.717, 1.165) is 28.6 Å². The van der Waals surface area contributed by atoms with E-state index in [4.69, 9.17) is 18.9 Å². The zero-order valence-electron chi connectivity index (χ0n) is 21.0. The third kappa shape index (κ3) is 6.55. The van der Waals surface area contributed by atoms with Crippen molar-refractivity contribution >= 4 is 6.09 Å². The standard InChI is InChI=1S/C29H33NO5/c1-28(2,3)35-27(31)30-22(20-32-29(30,4)5)19-21-11-13-24(14-12-21)34-26-17-15-25(16-18-26)33-23-9-7-6-8-10-23/h6-18,22H,19-20H2,1-5H3/t22-/m0/s1. The lowest BCUT2D eigenvalue weighted by Gasteiger charge is -2.35. The van der Waals surface area contributed by atoms with Crippen LogP contribution in [0.5, 0.6) is 23.0 Å². The van der Waals surface area contributed by atoms with Gasteiger partial charge < -0.3 is 18.9 Å². The number of benzene rings is 3. The van der Waals surface area contributed by atoms with Crippen LogP contribution < -0.4 is 9.47 Å². The highest BCUT2D eigenvalue weighted by molar-refractivity contribution is 5.69. The van der Waals surface area contributed by atoms with Gasteiger partial charge in [0.15, 0.2) is 0 Å². The number of hydrogen-bond acceptors (Lipinski definition) is 5. The minimum Gasteiger partial charge on any atom is -0.457 e. The van der Waals surface area contributed by atoms with Gasteiger partial charge in [-0.3, -0.25) is 4.90 Å². The minimum absolute atomic E-state index is 0.108. The van der Waals surface area contributed by atoms with E-state index in [9.17, 15) is 4.79 Å². The van der Waals surface area contributed by atoms with Gasteiger partial charge in [-0.2, -0.15) is 0 Å². The van der Waals surface area contributed by atoms with Crippen LogP contribution >= 0.6 is 0 Å². The molecular weight excluding hydrogens is 442 g/mol. The van der Waals surface area contributed by atoms with Gasteiger partial charge >= 0.3 is 6.09 Å². The fourth-order valence-electron chi connectivity index (χ4n) is 4.02. The van der Waals surface area contributed by atoms with Gasteiger partial charge in [-0.15, -0.1) is 0 Å². The first kappa shape index (κ1) is 24.6. The first-order valence-electron chi connectivity index (χ1n) is 11.9. The Hall–Kier alpha value is -3.51. The monoisotopic (exact) mass is 475 g/mol. The van der Waals surface area contributed by atoms with Crippen molar-refractivity contribution in [2.45, 2.75) is 58.4 Å². The Morgan fingerprint density at radius 3 is 1.86 bits per heavy atom. The molecule has 0 aliphatic carbocycles. The molecule has 1 atom stereocenters. The number of rotatable bonds is 6. The van der Waals surface area contributed by atoms with Gasteiger partial charge in [-0.05, 0) is 95.1 Å². The number of para-hydroxylation sites is 1. The van der Waals surface area contributed by atoms with Crippen molar-refractivity contribution < 1.29 is 23.7 Å². The van der Waals surface area contributed by atoms with Crippen molar-refractivity contribution in [2.24, 2.45) is 0 Å². The second-order valence-corrected chi connectivity index (χ2v) is 10.1. The third-order valence-electron chi connectivity index (χ3n) is 5.60. The van der Waals surface area contributed by atoms with Gasteiger partial charge in [-0.1, -0.05) is 30.3 Å². The Labute approximate surface area is 207 Å². The van der Waals surface area contributed by atoms with E-state index in [-0.39, 0.29) is 12.1 Å². The van der Waals surface area contributed by atoms with Crippen LogP contribution in [0, 0.1) is 0 Å². The van der Waals surface area contributed by atoms with Crippen molar-refractivity contribution in [3.63, 3.8) is 0 Å². The van der Waals surface area contributed by atoms with Crippen LogP contribution in [0.25, 0.3) is 0 Å². The molecule has 0 bridgehead atoms. The van der Waals surface area contributed by atoms with Crippen LogP contribution in [0.4, 0.5) is 4.79 Å². The topological polar surface area (TPSA) is 57.2 Å². The van der Waals surface area contributed by atoms with Crippen LogP contribution in [0.3, 0.4) is 0 Å². The summed E-state index contributed by atoms with van der Waals surface area (Å²) in [5, 5.41) is 0. The summed E-state index contributed by atoms with van der Waals surface area (Å²) in [7, 11) is 0. The van der Waals surface area contributed by atoms with Crippen LogP contribution in [0.2, 0.25) is 0 Å². The maximum atomic E-state index is 12.9. The molecule has 1 aliphatic heterocycles. The molecule has 4 rings (SSSR count). The van der Waals surface area contributed by atoms with Crippen molar-refractivity contribution in [3.05, 3.63) is 84.4 Å². The van der Waals surface area contributed by atoms with Gasteiger partial charge in [0.2, 0.25) is 0 Å². The van der Waals surface area contributed by atoms with E-state index < -0.39 is 11.3 Å². The summed E-state index contributed by atoms with van der Waals surface area (Å²) in [6.45, 7) is 9.85. The molecule has 184 valence electrons. The predicted octanol–water partition coefficient (Wildman–Crippen LogP) is 7.19. The molecule has 3 aromatic carbocycles. The Bertz CT molecular complexity index is 1120. The van der Waals surface area contributed by atoms with Crippen molar-refractivity contribution in [1.29, 1.82) is 0 Å². The fourth-order valence-corrected chi connectivity index (χ4v) is 4.02. The average Bonchev–Trinajstić information content (AvgIpc) is 3.10. The van der Waals surface area contributed by atoms with E-state index in [1.165, 1.54) is 0 Å². The molecule has 1 saturated heterocycles. The van der Waals surface area contributed by atoms with Gasteiger partial charge in [0.1, 0.15) is 34.3 Å². The molecule has 0 saturated carbocycles. The lowest BCUT2D eigenvalue weighted by atomic mass is 10.0. The molecule has 0 spiro atoms. The van der Waals surface area contributed by atoms with Gasteiger partial charge in [0.25, 0.3) is 0 Å². The summed E-state index contributed by atoms with van der Waals surface area (Å²) in [5.41, 5.74) is -0.193. The van der Waals surface area contributed by atoms with Crippen molar-refractivity contribution in [2.75, 3.05) is 6.61 Å². The van der Waals surface area contributed by atoms with E-state index in [1.807, 2.05) is 113 Å². The summed E-state index contributed by atoms with van der Waals surface area (Å²) in [4.78, 5) is 14.6. The maximum Gasteiger partial charge on any atom is 0.412 e. The molecule has 3 aromatic rings. The Balaban J connectivity index is 1.36. The Kier molecular flexibility index (Phi) is 7.03. The summed E-state index contributed by atoms with van der Waals surface area (Å²) in [6, 6.07) is 25.0. The van der Waals surface area contributed by atoms with Crippen LogP contribution in [-0.2, 0) is 15.9 Å². The van der Waals surface area contributed by atoms with E-state index in [2.05, 4.69) is 0 Å². The zero-order valence-corrected chi connectivity index (χ0v) is 21.0. The number of carbonyl (C=O) groups is 1. The largest absolute Gasteiger partial charge is 0.457 e. The number of ether oxygens (including phenoxy) is 4. The molecule has 1 fully saturated rings. The number of amides is 1. The van der Waals surface area contributed by atoms with Gasteiger partial charge in [0.05, 0.1) is 12.6 Å². The predicted molar refractivity (Wildman–Crippen MR) is 135 cm³/mol. The van der Waals surface area contributed by atoms with Crippen LogP contribution in [0.15, 0.2) is 78.9 Å². The lowest BCUT2D eigenvalue weighted by Crippen LogP contribution is -2.50. The minimum atomic E-state index is -0.716. The first-order chi connectivity index (χ1) is 16.6. The first-order valence-corrected chi connectivity index (χ1v) is 11.9. The molecule has 6 nitrogen and oxygen atoms in total. The number of carbonyl (C=O) groups excluding carboxylic acids is 1. The zero-order chi connectivity index (χ0) is 25.1. The highest BCUT2D eigenvalue weighted by Gasteiger charge is 2.45. The highest BCUT2D eigenvalue weighted by Crippen LogP contribution is 2.32. The SMILES string of the molecule is CC(C)(C)OC(=O)N1[C@@H](Cc2ccc(Oc3ccc(Oc4ccccc4)cc3)cc2)COC1(C)C. The second-order valence-electron chi connectivity index (χ2n) is 10.1.